The fraction of sp³-hybridized carbons (Fsp3) is 0.357. The van der Waals surface area contributed by atoms with Crippen molar-refractivity contribution in [2.75, 3.05) is 0 Å². The van der Waals surface area contributed by atoms with Crippen LogP contribution >= 0.6 is 0 Å². The van der Waals surface area contributed by atoms with Gasteiger partial charge in [0.1, 0.15) is 11.6 Å². The van der Waals surface area contributed by atoms with Crippen molar-refractivity contribution in [3.8, 4) is 0 Å². The normalized spacial score (nSPS) is 8.71. The maximum Gasteiger partial charge on any atom is 0.125 e. The Hall–Kier alpha value is -3.54. The topological polar surface area (TPSA) is 77.3 Å². The van der Waals surface area contributed by atoms with Gasteiger partial charge in [-0.3, -0.25) is 9.97 Å². The molecule has 0 atom stereocenters. The summed E-state index contributed by atoms with van der Waals surface area (Å²) in [7, 11) is 0. The molecule has 0 radical (unpaired) electrons. The van der Waals surface area contributed by atoms with Crippen LogP contribution in [0.3, 0.4) is 0 Å². The molecule has 0 saturated carbocycles. The number of aromatic nitrogens is 6. The van der Waals surface area contributed by atoms with Gasteiger partial charge >= 0.3 is 0 Å². The predicted molar refractivity (Wildman–Crippen MR) is 144 cm³/mol. The molecular formula is C28H42N6. The Morgan fingerprint density at radius 1 is 0.353 bits per heavy atom. The van der Waals surface area contributed by atoms with Crippen molar-refractivity contribution >= 4 is 0 Å². The van der Waals surface area contributed by atoms with Gasteiger partial charge in [0.2, 0.25) is 0 Å². The van der Waals surface area contributed by atoms with Crippen LogP contribution in [0.5, 0.6) is 0 Å². The second kappa shape index (κ2) is 18.0. The summed E-state index contributed by atoms with van der Waals surface area (Å²) < 4.78 is 0. The minimum Gasteiger partial charge on any atom is -0.261 e. The van der Waals surface area contributed by atoms with Gasteiger partial charge in [-0.15, -0.1) is 0 Å². The molecule has 34 heavy (non-hydrogen) atoms. The minimum absolute atomic E-state index is 0. The number of pyridine rings is 2. The van der Waals surface area contributed by atoms with Crippen molar-refractivity contribution in [1.29, 1.82) is 0 Å². The fourth-order valence-corrected chi connectivity index (χ4v) is 2.00. The average molecular weight is 463 g/mol. The lowest BCUT2D eigenvalue weighted by molar-refractivity contribution is 1.03. The lowest BCUT2D eigenvalue weighted by Crippen LogP contribution is -1.84. The van der Waals surface area contributed by atoms with Crippen molar-refractivity contribution in [2.24, 2.45) is 0 Å². The van der Waals surface area contributed by atoms with Crippen LogP contribution in [-0.2, 0) is 0 Å². The zero-order valence-corrected chi connectivity index (χ0v) is 20.5. The van der Waals surface area contributed by atoms with Crippen LogP contribution in [0.25, 0.3) is 0 Å². The lowest BCUT2D eigenvalue weighted by Gasteiger charge is -1.89. The van der Waals surface area contributed by atoms with Gasteiger partial charge in [-0.05, 0) is 89.8 Å². The number of hydrogen-bond donors (Lipinski definition) is 0. The molecule has 4 aromatic rings. The van der Waals surface area contributed by atoms with Crippen molar-refractivity contribution in [3.05, 3.63) is 107 Å². The molecule has 6 heteroatoms. The highest BCUT2D eigenvalue weighted by Crippen LogP contribution is 1.95. The van der Waals surface area contributed by atoms with Gasteiger partial charge in [0.15, 0.2) is 0 Å². The Labute approximate surface area is 207 Å². The molecule has 4 rings (SSSR count). The maximum atomic E-state index is 4.08. The lowest BCUT2D eigenvalue weighted by atomic mass is 10.3. The van der Waals surface area contributed by atoms with E-state index >= 15 is 0 Å². The predicted octanol–water partition coefficient (Wildman–Crippen LogP) is 6.86. The van der Waals surface area contributed by atoms with Crippen LogP contribution in [0.4, 0.5) is 0 Å². The molecule has 0 amide bonds. The Balaban J connectivity index is 0. The van der Waals surface area contributed by atoms with E-state index in [2.05, 4.69) is 42.0 Å². The van der Waals surface area contributed by atoms with E-state index in [9.17, 15) is 0 Å². The summed E-state index contributed by atoms with van der Waals surface area (Å²) in [5.41, 5.74) is 6.81. The molecule has 0 fully saturated rings. The zero-order chi connectivity index (χ0) is 23.9. The first-order chi connectivity index (χ1) is 15.2. The van der Waals surface area contributed by atoms with Gasteiger partial charge in [-0.2, -0.15) is 0 Å². The van der Waals surface area contributed by atoms with Crippen LogP contribution in [-0.4, -0.2) is 29.9 Å². The largest absolute Gasteiger partial charge is 0.261 e. The van der Waals surface area contributed by atoms with Crippen molar-refractivity contribution in [1.82, 2.24) is 29.9 Å². The maximum absolute atomic E-state index is 4.08. The van der Waals surface area contributed by atoms with E-state index < -0.39 is 0 Å². The molecule has 0 unspecified atom stereocenters. The fourth-order valence-electron chi connectivity index (χ4n) is 2.00. The molecule has 0 aliphatic rings. The molecule has 0 aliphatic heterocycles. The Bertz CT molecular complexity index is 752. The Kier molecular flexibility index (Phi) is 17.2. The van der Waals surface area contributed by atoms with Crippen LogP contribution in [0.2, 0.25) is 0 Å². The van der Waals surface area contributed by atoms with Crippen LogP contribution < -0.4 is 0 Å². The molecule has 0 bridgehead atoms. The SMILES string of the molecule is C.C.Cc1ccc(C)nc1.Cc1ccc(C)nc1.Cc1cnc(C)nc1.Cc1cnc(C)nc1. The van der Waals surface area contributed by atoms with Crippen molar-refractivity contribution in [2.45, 2.75) is 70.2 Å². The van der Waals surface area contributed by atoms with E-state index in [1.165, 1.54) is 11.1 Å². The molecular weight excluding hydrogens is 420 g/mol. The van der Waals surface area contributed by atoms with Crippen LogP contribution in [0, 0.1) is 55.4 Å². The Morgan fingerprint density at radius 2 is 0.618 bits per heavy atom. The minimum atomic E-state index is 0. The molecule has 0 spiro atoms. The van der Waals surface area contributed by atoms with Gasteiger partial charge in [0.25, 0.3) is 0 Å². The van der Waals surface area contributed by atoms with Crippen LogP contribution in [0.1, 0.15) is 60.1 Å². The highest BCUT2D eigenvalue weighted by atomic mass is 14.8. The first-order valence-corrected chi connectivity index (χ1v) is 10.4. The van der Waals surface area contributed by atoms with Gasteiger partial charge in [0.05, 0.1) is 0 Å². The van der Waals surface area contributed by atoms with E-state index in [1.54, 1.807) is 0 Å². The van der Waals surface area contributed by atoms with E-state index in [0.29, 0.717) is 0 Å². The molecule has 184 valence electrons. The summed E-state index contributed by atoms with van der Waals surface area (Å²) in [5, 5.41) is 0. The van der Waals surface area contributed by atoms with Crippen molar-refractivity contribution < 1.29 is 0 Å². The second-order valence-corrected chi connectivity index (χ2v) is 7.57. The molecule has 0 saturated heterocycles. The number of rotatable bonds is 0. The summed E-state index contributed by atoms with van der Waals surface area (Å²) in [6, 6.07) is 8.13. The quantitative estimate of drug-likeness (QED) is 0.284. The third-order valence-electron chi connectivity index (χ3n) is 3.94. The first kappa shape index (κ1) is 32.6. The molecule has 0 aliphatic carbocycles. The average Bonchev–Trinajstić information content (AvgIpc) is 2.78. The van der Waals surface area contributed by atoms with Crippen molar-refractivity contribution in [3.63, 3.8) is 0 Å². The van der Waals surface area contributed by atoms with E-state index in [1.807, 2.05) is 105 Å². The Morgan fingerprint density at radius 3 is 0.794 bits per heavy atom. The molecule has 6 nitrogen and oxygen atoms in total. The van der Waals surface area contributed by atoms with Crippen LogP contribution in [0.15, 0.2) is 61.4 Å². The third kappa shape index (κ3) is 16.1. The summed E-state index contributed by atoms with van der Waals surface area (Å²) in [6.45, 7) is 15.7. The number of nitrogens with zero attached hydrogens (tertiary/aromatic N) is 6. The van der Waals surface area contributed by atoms with E-state index in [4.69, 9.17) is 0 Å². The number of hydrogen-bond acceptors (Lipinski definition) is 6. The molecule has 4 aromatic heterocycles. The summed E-state index contributed by atoms with van der Waals surface area (Å²) in [4.78, 5) is 24.0. The molecule has 0 N–H and O–H groups in total. The van der Waals surface area contributed by atoms with E-state index in [0.717, 1.165) is 34.2 Å². The number of aryl methyl sites for hydroxylation is 8. The second-order valence-electron chi connectivity index (χ2n) is 7.57. The van der Waals surface area contributed by atoms with Gasteiger partial charge < -0.3 is 0 Å². The molecule has 0 aromatic carbocycles. The smallest absolute Gasteiger partial charge is 0.125 e. The molecule has 4 heterocycles. The standard InChI is InChI=1S/2C7H9N.2C6H8N2.2CH4/c2*1-6-3-4-7(2)8-5-6;2*1-5-3-7-6(2)8-4-5;;/h2*3-5H,1-2H3;2*3-4H,1-2H3;2*1H4. The first-order valence-electron chi connectivity index (χ1n) is 10.4. The third-order valence-corrected chi connectivity index (χ3v) is 3.94. The van der Waals surface area contributed by atoms with Gasteiger partial charge in [0, 0.05) is 48.6 Å². The monoisotopic (exact) mass is 462 g/mol. The van der Waals surface area contributed by atoms with Gasteiger partial charge in [-0.1, -0.05) is 27.0 Å². The van der Waals surface area contributed by atoms with Gasteiger partial charge in [-0.25, -0.2) is 19.9 Å². The highest BCUT2D eigenvalue weighted by molar-refractivity contribution is 5.11. The van der Waals surface area contributed by atoms with E-state index in [-0.39, 0.29) is 14.9 Å². The summed E-state index contributed by atoms with van der Waals surface area (Å²) >= 11 is 0. The highest BCUT2D eigenvalue weighted by Gasteiger charge is 1.84. The summed E-state index contributed by atoms with van der Waals surface area (Å²) in [6.07, 6.45) is 11.0. The summed E-state index contributed by atoms with van der Waals surface area (Å²) in [5.74, 6) is 1.66. The zero-order valence-electron chi connectivity index (χ0n) is 20.5.